The van der Waals surface area contributed by atoms with Crippen molar-refractivity contribution in [1.82, 2.24) is 4.90 Å². The van der Waals surface area contributed by atoms with Crippen molar-refractivity contribution < 1.29 is 27.5 Å². The van der Waals surface area contributed by atoms with Crippen LogP contribution >= 0.6 is 0 Å². The molecule has 3 aromatic carbocycles. The van der Waals surface area contributed by atoms with Gasteiger partial charge in [-0.15, -0.1) is 0 Å². The van der Waals surface area contributed by atoms with E-state index >= 15 is 0 Å². The minimum absolute atomic E-state index is 0.0159. The number of hydrogen-bond donors (Lipinski definition) is 1. The van der Waals surface area contributed by atoms with Gasteiger partial charge in [0, 0.05) is 32.4 Å². The number of likely N-dealkylation sites (N-methyl/N-ethyl adjacent to an activating group) is 1. The highest BCUT2D eigenvalue weighted by molar-refractivity contribution is 7.92. The standard InChI is InChI=1S/C25H27N3O6S/c1-27(2)24(29)17-34-22-12-8-19(9-13-22)26-25(30)18-6-5-7-23(16-18)35(31,32)28(3)20-10-14-21(33-4)15-11-20/h5-16H,17H2,1-4H3,(H,26,30). The molecular formula is C25H27N3O6S. The molecule has 0 saturated heterocycles. The first-order valence-electron chi connectivity index (χ1n) is 10.6. The molecule has 184 valence electrons. The number of amides is 2. The largest absolute Gasteiger partial charge is 0.497 e. The molecule has 0 unspecified atom stereocenters. The summed E-state index contributed by atoms with van der Waals surface area (Å²) in [6.07, 6.45) is 0. The Morgan fingerprint density at radius 3 is 2.11 bits per heavy atom. The van der Waals surface area contributed by atoms with Gasteiger partial charge in [-0.3, -0.25) is 13.9 Å². The summed E-state index contributed by atoms with van der Waals surface area (Å²) < 4.78 is 37.9. The first-order valence-corrected chi connectivity index (χ1v) is 12.0. The number of ether oxygens (including phenoxy) is 2. The van der Waals surface area contributed by atoms with E-state index in [2.05, 4.69) is 5.32 Å². The lowest BCUT2D eigenvalue weighted by atomic mass is 10.2. The van der Waals surface area contributed by atoms with Gasteiger partial charge in [0.2, 0.25) is 0 Å². The quantitative estimate of drug-likeness (QED) is 0.487. The van der Waals surface area contributed by atoms with Crippen LogP contribution in [0.25, 0.3) is 0 Å². The van der Waals surface area contributed by atoms with E-state index in [1.165, 1.54) is 43.3 Å². The molecule has 0 heterocycles. The highest BCUT2D eigenvalue weighted by atomic mass is 32.2. The molecule has 2 amide bonds. The highest BCUT2D eigenvalue weighted by Gasteiger charge is 2.22. The average Bonchev–Trinajstić information content (AvgIpc) is 2.87. The van der Waals surface area contributed by atoms with Crippen LogP contribution in [0.15, 0.2) is 77.7 Å². The molecule has 3 aromatic rings. The van der Waals surface area contributed by atoms with E-state index in [4.69, 9.17) is 9.47 Å². The Balaban J connectivity index is 1.70. The van der Waals surface area contributed by atoms with Gasteiger partial charge < -0.3 is 19.7 Å². The lowest BCUT2D eigenvalue weighted by molar-refractivity contribution is -0.130. The molecule has 0 atom stereocenters. The monoisotopic (exact) mass is 497 g/mol. The number of anilines is 2. The predicted molar refractivity (Wildman–Crippen MR) is 134 cm³/mol. The summed E-state index contributed by atoms with van der Waals surface area (Å²) in [7, 11) is 2.36. The molecule has 10 heteroatoms. The summed E-state index contributed by atoms with van der Waals surface area (Å²) >= 11 is 0. The molecule has 0 aliphatic heterocycles. The summed E-state index contributed by atoms with van der Waals surface area (Å²) in [5.74, 6) is 0.452. The third kappa shape index (κ3) is 6.30. The SMILES string of the molecule is COc1ccc(N(C)S(=O)(=O)c2cccc(C(=O)Nc3ccc(OCC(=O)N(C)C)cc3)c2)cc1. The molecule has 0 aromatic heterocycles. The van der Waals surface area contributed by atoms with Gasteiger partial charge in [-0.25, -0.2) is 8.42 Å². The van der Waals surface area contributed by atoms with Gasteiger partial charge in [0.1, 0.15) is 11.5 Å². The zero-order valence-corrected chi connectivity index (χ0v) is 20.7. The third-order valence-corrected chi connectivity index (χ3v) is 6.95. The number of carbonyl (C=O) groups excluding carboxylic acids is 2. The maximum absolute atomic E-state index is 13.1. The lowest BCUT2D eigenvalue weighted by Gasteiger charge is -2.20. The molecule has 9 nitrogen and oxygen atoms in total. The Bertz CT molecular complexity index is 1290. The second kappa shape index (κ2) is 10.9. The van der Waals surface area contributed by atoms with Crippen molar-refractivity contribution in [3.8, 4) is 11.5 Å². The van der Waals surface area contributed by atoms with Crippen LogP contribution in [0.4, 0.5) is 11.4 Å². The van der Waals surface area contributed by atoms with Crippen molar-refractivity contribution in [1.29, 1.82) is 0 Å². The minimum Gasteiger partial charge on any atom is -0.497 e. The maximum Gasteiger partial charge on any atom is 0.264 e. The van der Waals surface area contributed by atoms with Gasteiger partial charge >= 0.3 is 0 Å². The second-order valence-corrected chi connectivity index (χ2v) is 9.72. The Morgan fingerprint density at radius 1 is 0.886 bits per heavy atom. The van der Waals surface area contributed by atoms with Crippen LogP contribution in [-0.4, -0.2) is 60.0 Å². The normalized spacial score (nSPS) is 10.9. The van der Waals surface area contributed by atoms with Gasteiger partial charge in [0.25, 0.3) is 21.8 Å². The number of nitrogens with zero attached hydrogens (tertiary/aromatic N) is 2. The fourth-order valence-electron chi connectivity index (χ4n) is 3.00. The van der Waals surface area contributed by atoms with Crippen LogP contribution in [0.5, 0.6) is 11.5 Å². The molecular weight excluding hydrogens is 470 g/mol. The van der Waals surface area contributed by atoms with E-state index in [0.717, 1.165) is 4.31 Å². The van der Waals surface area contributed by atoms with Crippen LogP contribution in [0.3, 0.4) is 0 Å². The molecule has 0 spiro atoms. The average molecular weight is 498 g/mol. The van der Waals surface area contributed by atoms with Gasteiger partial charge in [-0.2, -0.15) is 0 Å². The number of hydrogen-bond acceptors (Lipinski definition) is 6. The van der Waals surface area contributed by atoms with Crippen LogP contribution in [0.2, 0.25) is 0 Å². The van der Waals surface area contributed by atoms with Crippen molar-refractivity contribution in [3.63, 3.8) is 0 Å². The lowest BCUT2D eigenvalue weighted by Crippen LogP contribution is -2.27. The molecule has 0 fully saturated rings. The van der Waals surface area contributed by atoms with Crippen LogP contribution in [0.1, 0.15) is 10.4 Å². The molecule has 3 rings (SSSR count). The topological polar surface area (TPSA) is 105 Å². The molecule has 0 aliphatic carbocycles. The molecule has 0 saturated carbocycles. The van der Waals surface area contributed by atoms with Crippen LogP contribution in [0, 0.1) is 0 Å². The van der Waals surface area contributed by atoms with Gasteiger partial charge in [-0.05, 0) is 66.7 Å². The molecule has 35 heavy (non-hydrogen) atoms. The summed E-state index contributed by atoms with van der Waals surface area (Å²) in [4.78, 5) is 25.8. The Hall–Kier alpha value is -4.05. The molecule has 0 aliphatic rings. The van der Waals surface area contributed by atoms with Crippen molar-refractivity contribution >= 4 is 33.2 Å². The van der Waals surface area contributed by atoms with Crippen LogP contribution in [-0.2, 0) is 14.8 Å². The van der Waals surface area contributed by atoms with E-state index in [1.807, 2.05) is 0 Å². The molecule has 1 N–H and O–H groups in total. The zero-order chi connectivity index (χ0) is 25.6. The van der Waals surface area contributed by atoms with E-state index in [0.29, 0.717) is 22.9 Å². The molecule has 0 radical (unpaired) electrons. The highest BCUT2D eigenvalue weighted by Crippen LogP contribution is 2.25. The number of methoxy groups -OCH3 is 1. The minimum atomic E-state index is -3.90. The van der Waals surface area contributed by atoms with Crippen molar-refractivity contribution in [2.45, 2.75) is 4.90 Å². The van der Waals surface area contributed by atoms with E-state index in [-0.39, 0.29) is 23.0 Å². The summed E-state index contributed by atoms with van der Waals surface area (Å²) in [5, 5.41) is 2.73. The summed E-state index contributed by atoms with van der Waals surface area (Å²) in [6, 6.07) is 18.9. The number of nitrogens with one attached hydrogen (secondary N) is 1. The maximum atomic E-state index is 13.1. The Kier molecular flexibility index (Phi) is 7.98. The second-order valence-electron chi connectivity index (χ2n) is 7.75. The van der Waals surface area contributed by atoms with Crippen LogP contribution < -0.4 is 19.1 Å². The zero-order valence-electron chi connectivity index (χ0n) is 19.9. The van der Waals surface area contributed by atoms with Gasteiger partial charge in [-0.1, -0.05) is 6.07 Å². The summed E-state index contributed by atoms with van der Waals surface area (Å²) in [6.45, 7) is -0.0923. The first kappa shape index (κ1) is 25.6. The number of sulfonamides is 1. The van der Waals surface area contributed by atoms with Gasteiger partial charge in [0.15, 0.2) is 6.61 Å². The van der Waals surface area contributed by atoms with Crippen molar-refractivity contribution in [2.75, 3.05) is 44.5 Å². The summed E-state index contributed by atoms with van der Waals surface area (Å²) in [5.41, 5.74) is 1.13. The fourth-order valence-corrected chi connectivity index (χ4v) is 4.24. The van der Waals surface area contributed by atoms with E-state index in [1.54, 1.807) is 62.6 Å². The fraction of sp³-hybridized carbons (Fsp3) is 0.200. The van der Waals surface area contributed by atoms with Crippen molar-refractivity contribution in [3.05, 3.63) is 78.4 Å². The number of benzene rings is 3. The predicted octanol–water partition coefficient (Wildman–Crippen LogP) is 3.24. The smallest absolute Gasteiger partial charge is 0.264 e. The number of rotatable bonds is 9. The van der Waals surface area contributed by atoms with Crippen molar-refractivity contribution in [2.24, 2.45) is 0 Å². The Morgan fingerprint density at radius 2 is 1.51 bits per heavy atom. The third-order valence-electron chi connectivity index (χ3n) is 5.16. The van der Waals surface area contributed by atoms with Gasteiger partial charge in [0.05, 0.1) is 17.7 Å². The van der Waals surface area contributed by atoms with E-state index in [9.17, 15) is 18.0 Å². The molecule has 0 bridgehead atoms. The number of carbonyl (C=O) groups is 2. The van der Waals surface area contributed by atoms with E-state index < -0.39 is 15.9 Å². The Labute approximate surface area is 204 Å². The first-order chi connectivity index (χ1) is 16.6.